The summed E-state index contributed by atoms with van der Waals surface area (Å²) in [7, 11) is 1.64. The maximum Gasteiger partial charge on any atom is 0.417 e. The summed E-state index contributed by atoms with van der Waals surface area (Å²) in [4.78, 5) is 5.23. The summed E-state index contributed by atoms with van der Waals surface area (Å²) in [5.74, 6) is 0.400. The van der Waals surface area contributed by atoms with Crippen LogP contribution in [0, 0.1) is 0 Å². The molecule has 1 aromatic heterocycles. The Hall–Kier alpha value is -1.30. The topological polar surface area (TPSA) is 36.4 Å². The maximum atomic E-state index is 12.2. The first-order valence-corrected chi connectivity index (χ1v) is 4.30. The van der Waals surface area contributed by atoms with E-state index in [-0.39, 0.29) is 6.61 Å². The molecule has 0 aliphatic rings. The van der Waals surface area contributed by atoms with Gasteiger partial charge in [-0.1, -0.05) is 0 Å². The molecule has 15 heavy (non-hydrogen) atoms. The molecule has 0 aliphatic carbocycles. The van der Waals surface area contributed by atoms with Gasteiger partial charge in [0.05, 0.1) is 12.2 Å². The fourth-order valence-corrected chi connectivity index (χ4v) is 1.04. The predicted molar refractivity (Wildman–Crippen MR) is 49.6 cm³/mol. The van der Waals surface area contributed by atoms with Crippen LogP contribution in [0.5, 0.6) is 0 Å². The molecule has 1 N–H and O–H groups in total. The van der Waals surface area contributed by atoms with Crippen molar-refractivity contribution in [2.45, 2.75) is 6.18 Å². The summed E-state index contributed by atoms with van der Waals surface area (Å²) in [5.41, 5.74) is -0.774. The number of rotatable bonds is 3. The number of alkyl halides is 3. The van der Waals surface area contributed by atoms with E-state index in [0.717, 1.165) is 12.3 Å². The van der Waals surface area contributed by atoms with Crippen LogP contribution in [0.3, 0.4) is 0 Å². The lowest BCUT2D eigenvalue weighted by molar-refractivity contribution is -0.137. The van der Waals surface area contributed by atoms with Crippen molar-refractivity contribution in [1.82, 2.24) is 4.98 Å². The molecule has 0 atom stereocenters. The summed E-state index contributed by atoms with van der Waals surface area (Å²) in [6, 6.07) is 2.24. The second-order valence-corrected chi connectivity index (χ2v) is 3.05. The minimum absolute atomic E-state index is 0.0702. The highest BCUT2D eigenvalue weighted by Crippen LogP contribution is 2.29. The average molecular weight is 220 g/mol. The Kier molecular flexibility index (Phi) is 3.52. The highest BCUT2D eigenvalue weighted by atomic mass is 19.4. The molecule has 1 rings (SSSR count). The molecule has 0 saturated carbocycles. The van der Waals surface area contributed by atoms with Crippen LogP contribution >= 0.6 is 0 Å². The quantitative estimate of drug-likeness (QED) is 0.839. The SMILES string of the molecule is CN(CCO)c1ccc(C(F)(F)F)cn1. The standard InChI is InChI=1S/C9H11F3N2O/c1-14(4-5-15)8-3-2-7(6-13-8)9(10,11)12/h2-3,6,15H,4-5H2,1H3. The number of nitrogens with zero attached hydrogens (tertiary/aromatic N) is 2. The van der Waals surface area contributed by atoms with Gasteiger partial charge in [0, 0.05) is 19.8 Å². The van der Waals surface area contributed by atoms with Gasteiger partial charge in [-0.3, -0.25) is 0 Å². The number of likely N-dealkylation sites (N-methyl/N-ethyl adjacent to an activating group) is 1. The molecule has 0 aromatic carbocycles. The van der Waals surface area contributed by atoms with Crippen LogP contribution in [0.4, 0.5) is 19.0 Å². The van der Waals surface area contributed by atoms with E-state index in [0.29, 0.717) is 12.4 Å². The number of anilines is 1. The largest absolute Gasteiger partial charge is 0.417 e. The van der Waals surface area contributed by atoms with E-state index >= 15 is 0 Å². The lowest BCUT2D eigenvalue weighted by atomic mass is 10.3. The van der Waals surface area contributed by atoms with Crippen molar-refractivity contribution < 1.29 is 18.3 Å². The summed E-state index contributed by atoms with van der Waals surface area (Å²) in [6.07, 6.45) is -3.58. The Labute approximate surface area is 85.2 Å². The van der Waals surface area contributed by atoms with Gasteiger partial charge < -0.3 is 10.0 Å². The smallest absolute Gasteiger partial charge is 0.395 e. The van der Waals surface area contributed by atoms with Gasteiger partial charge in [0.1, 0.15) is 5.82 Å². The van der Waals surface area contributed by atoms with E-state index in [2.05, 4.69) is 4.98 Å². The first-order valence-electron chi connectivity index (χ1n) is 4.30. The van der Waals surface area contributed by atoms with Gasteiger partial charge in [-0.15, -0.1) is 0 Å². The van der Waals surface area contributed by atoms with E-state index < -0.39 is 11.7 Å². The van der Waals surface area contributed by atoms with Gasteiger partial charge >= 0.3 is 6.18 Å². The lowest BCUT2D eigenvalue weighted by Gasteiger charge is -2.17. The number of pyridine rings is 1. The van der Waals surface area contributed by atoms with E-state index in [4.69, 9.17) is 5.11 Å². The Morgan fingerprint density at radius 3 is 2.47 bits per heavy atom. The molecule has 0 amide bonds. The maximum absolute atomic E-state index is 12.2. The Bertz CT molecular complexity index is 310. The molecule has 1 aromatic rings. The number of halogens is 3. The summed E-state index contributed by atoms with van der Waals surface area (Å²) in [6.45, 7) is 0.261. The van der Waals surface area contributed by atoms with Crippen LogP contribution in [0.2, 0.25) is 0 Å². The predicted octanol–water partition coefficient (Wildman–Crippen LogP) is 1.53. The minimum atomic E-state index is -4.36. The molecule has 0 bridgehead atoms. The van der Waals surface area contributed by atoms with Crippen molar-refractivity contribution in [2.75, 3.05) is 25.1 Å². The van der Waals surface area contributed by atoms with Crippen molar-refractivity contribution in [3.8, 4) is 0 Å². The molecule has 0 radical (unpaired) electrons. The molecule has 1 heterocycles. The van der Waals surface area contributed by atoms with Crippen LogP contribution in [-0.4, -0.2) is 30.3 Å². The van der Waals surface area contributed by atoms with Gasteiger partial charge in [-0.25, -0.2) is 4.98 Å². The molecule has 6 heteroatoms. The summed E-state index contributed by atoms with van der Waals surface area (Å²) >= 11 is 0. The lowest BCUT2D eigenvalue weighted by Crippen LogP contribution is -2.22. The van der Waals surface area contributed by atoms with E-state index in [1.54, 1.807) is 11.9 Å². The van der Waals surface area contributed by atoms with Crippen molar-refractivity contribution in [3.05, 3.63) is 23.9 Å². The van der Waals surface area contributed by atoms with Crippen LogP contribution < -0.4 is 4.90 Å². The average Bonchev–Trinajstić information content (AvgIpc) is 2.17. The van der Waals surface area contributed by atoms with Crippen molar-refractivity contribution in [2.24, 2.45) is 0 Å². The van der Waals surface area contributed by atoms with Crippen molar-refractivity contribution in [3.63, 3.8) is 0 Å². The molecule has 3 nitrogen and oxygen atoms in total. The van der Waals surface area contributed by atoms with Crippen LogP contribution in [-0.2, 0) is 6.18 Å². The first kappa shape index (κ1) is 11.8. The molecule has 0 saturated heterocycles. The van der Waals surface area contributed by atoms with Crippen LogP contribution in [0.25, 0.3) is 0 Å². The van der Waals surface area contributed by atoms with E-state index in [1.165, 1.54) is 6.07 Å². The molecule has 0 fully saturated rings. The molecule has 84 valence electrons. The molecule has 0 spiro atoms. The molecule has 0 unspecified atom stereocenters. The van der Waals surface area contributed by atoms with Crippen molar-refractivity contribution >= 4 is 5.82 Å². The first-order chi connectivity index (χ1) is 6.95. The summed E-state index contributed by atoms with van der Waals surface area (Å²) < 4.78 is 36.5. The molecular weight excluding hydrogens is 209 g/mol. The zero-order valence-corrected chi connectivity index (χ0v) is 8.12. The van der Waals surface area contributed by atoms with E-state index in [1.807, 2.05) is 0 Å². The van der Waals surface area contributed by atoms with Crippen LogP contribution in [0.1, 0.15) is 5.56 Å². The monoisotopic (exact) mass is 220 g/mol. The third-order valence-corrected chi connectivity index (χ3v) is 1.90. The Morgan fingerprint density at radius 2 is 2.07 bits per heavy atom. The minimum Gasteiger partial charge on any atom is -0.395 e. The highest BCUT2D eigenvalue weighted by Gasteiger charge is 2.30. The zero-order valence-electron chi connectivity index (χ0n) is 8.12. The van der Waals surface area contributed by atoms with E-state index in [9.17, 15) is 13.2 Å². The number of hydrogen-bond donors (Lipinski definition) is 1. The van der Waals surface area contributed by atoms with Gasteiger partial charge in [0.15, 0.2) is 0 Å². The Balaban J connectivity index is 2.81. The number of aliphatic hydroxyl groups excluding tert-OH is 1. The molecule has 0 aliphatic heterocycles. The fraction of sp³-hybridized carbons (Fsp3) is 0.444. The number of hydrogen-bond acceptors (Lipinski definition) is 3. The number of aliphatic hydroxyl groups is 1. The normalized spacial score (nSPS) is 11.5. The van der Waals surface area contributed by atoms with Gasteiger partial charge in [-0.05, 0) is 12.1 Å². The highest BCUT2D eigenvalue weighted by molar-refractivity contribution is 5.38. The molecular formula is C9H11F3N2O. The second kappa shape index (κ2) is 4.48. The van der Waals surface area contributed by atoms with Gasteiger partial charge in [0.2, 0.25) is 0 Å². The van der Waals surface area contributed by atoms with Crippen LogP contribution in [0.15, 0.2) is 18.3 Å². The number of aromatic nitrogens is 1. The van der Waals surface area contributed by atoms with Gasteiger partial charge in [0.25, 0.3) is 0 Å². The third-order valence-electron chi connectivity index (χ3n) is 1.90. The second-order valence-electron chi connectivity index (χ2n) is 3.05. The fourth-order valence-electron chi connectivity index (χ4n) is 1.04. The third kappa shape index (κ3) is 3.09. The van der Waals surface area contributed by atoms with Crippen molar-refractivity contribution in [1.29, 1.82) is 0 Å². The zero-order chi connectivity index (χ0) is 11.5. The Morgan fingerprint density at radius 1 is 1.40 bits per heavy atom. The van der Waals surface area contributed by atoms with Gasteiger partial charge in [-0.2, -0.15) is 13.2 Å². The summed E-state index contributed by atoms with van der Waals surface area (Å²) in [5, 5.41) is 8.63.